The number of nitrogens with zero attached hydrogens (tertiary/aromatic N) is 3. The largest absolute Gasteiger partial charge is 0.459 e. The van der Waals surface area contributed by atoms with Crippen LogP contribution in [0.2, 0.25) is 0 Å². The number of esters is 1. The molecule has 1 aromatic carbocycles. The van der Waals surface area contributed by atoms with Gasteiger partial charge in [0.2, 0.25) is 5.89 Å². The van der Waals surface area contributed by atoms with E-state index in [1.54, 1.807) is 6.92 Å². The highest BCUT2D eigenvalue weighted by atomic mass is 16.6. The minimum absolute atomic E-state index is 0.186. The first-order valence-electron chi connectivity index (χ1n) is 8.09. The Morgan fingerprint density at radius 1 is 1.25 bits per heavy atom. The van der Waals surface area contributed by atoms with Crippen molar-refractivity contribution >= 4 is 5.97 Å². The van der Waals surface area contributed by atoms with Crippen molar-refractivity contribution in [1.82, 2.24) is 15.0 Å². The number of aromatic nitrogens is 2. The summed E-state index contributed by atoms with van der Waals surface area (Å²) >= 11 is 0. The molecule has 2 aromatic rings. The Bertz CT molecular complexity index is 647. The molecule has 24 heavy (non-hydrogen) atoms. The fraction of sp³-hybridized carbons (Fsp3) is 0.500. The summed E-state index contributed by atoms with van der Waals surface area (Å²) in [5, 5.41) is 3.80. The maximum absolute atomic E-state index is 12.1. The lowest BCUT2D eigenvalue weighted by molar-refractivity contribution is -0.156. The average Bonchev–Trinajstić information content (AvgIpc) is 2.89. The number of hydrogen-bond acceptors (Lipinski definition) is 6. The smallest absolute Gasteiger partial charge is 0.320 e. The van der Waals surface area contributed by atoms with Crippen LogP contribution in [-0.2, 0) is 22.5 Å². The van der Waals surface area contributed by atoms with E-state index in [4.69, 9.17) is 9.26 Å². The zero-order valence-corrected chi connectivity index (χ0v) is 14.8. The van der Waals surface area contributed by atoms with Gasteiger partial charge >= 0.3 is 5.97 Å². The number of carbonyl (C=O) groups excluding carboxylic acids is 1. The van der Waals surface area contributed by atoms with E-state index >= 15 is 0 Å². The second kappa shape index (κ2) is 8.06. The molecule has 1 aromatic heterocycles. The highest BCUT2D eigenvalue weighted by molar-refractivity contribution is 5.72. The summed E-state index contributed by atoms with van der Waals surface area (Å²) in [6.07, 6.45) is 0.830. The third kappa shape index (κ3) is 6.50. The maximum Gasteiger partial charge on any atom is 0.320 e. The molecule has 0 saturated carbocycles. The van der Waals surface area contributed by atoms with E-state index in [9.17, 15) is 4.79 Å². The maximum atomic E-state index is 12.1. The lowest BCUT2D eigenvalue weighted by Crippen LogP contribution is -2.35. The zero-order valence-electron chi connectivity index (χ0n) is 14.8. The molecule has 130 valence electrons. The van der Waals surface area contributed by atoms with Gasteiger partial charge in [0.1, 0.15) is 5.60 Å². The fourth-order valence-corrected chi connectivity index (χ4v) is 2.30. The van der Waals surface area contributed by atoms with E-state index in [2.05, 4.69) is 22.3 Å². The molecule has 0 N–H and O–H groups in total. The van der Waals surface area contributed by atoms with Gasteiger partial charge in [-0.2, -0.15) is 4.98 Å². The molecule has 0 radical (unpaired) electrons. The minimum atomic E-state index is -0.497. The van der Waals surface area contributed by atoms with Gasteiger partial charge in [-0.15, -0.1) is 0 Å². The van der Waals surface area contributed by atoms with Crippen LogP contribution in [0.1, 0.15) is 38.0 Å². The quantitative estimate of drug-likeness (QED) is 0.727. The summed E-state index contributed by atoms with van der Waals surface area (Å²) in [5.74, 6) is 0.834. The van der Waals surface area contributed by atoms with Gasteiger partial charge in [0, 0.05) is 6.54 Å². The van der Waals surface area contributed by atoms with E-state index in [-0.39, 0.29) is 12.5 Å². The molecule has 0 bridgehead atoms. The monoisotopic (exact) mass is 331 g/mol. The molecule has 2 rings (SSSR count). The molecule has 1 heterocycles. The molecule has 0 aliphatic carbocycles. The van der Waals surface area contributed by atoms with Crippen LogP contribution in [-0.4, -0.2) is 39.7 Å². The highest BCUT2D eigenvalue weighted by Gasteiger charge is 2.20. The highest BCUT2D eigenvalue weighted by Crippen LogP contribution is 2.10. The Balaban J connectivity index is 1.98. The lowest BCUT2D eigenvalue weighted by atomic mass is 10.1. The minimum Gasteiger partial charge on any atom is -0.459 e. The number of benzene rings is 1. The van der Waals surface area contributed by atoms with E-state index in [1.807, 2.05) is 43.9 Å². The van der Waals surface area contributed by atoms with Crippen molar-refractivity contribution in [2.75, 3.05) is 13.1 Å². The molecule has 0 aliphatic rings. The number of hydrogen-bond donors (Lipinski definition) is 0. The molecule has 0 atom stereocenters. The van der Waals surface area contributed by atoms with E-state index in [1.165, 1.54) is 5.56 Å². The lowest BCUT2D eigenvalue weighted by Gasteiger charge is -2.24. The van der Waals surface area contributed by atoms with Gasteiger partial charge in [-0.05, 0) is 39.7 Å². The van der Waals surface area contributed by atoms with Crippen LogP contribution in [0, 0.1) is 6.92 Å². The normalized spacial score (nSPS) is 11.7. The summed E-state index contributed by atoms with van der Waals surface area (Å²) < 4.78 is 10.6. The first-order chi connectivity index (χ1) is 11.3. The van der Waals surface area contributed by atoms with Crippen LogP contribution in [0.5, 0.6) is 0 Å². The van der Waals surface area contributed by atoms with Crippen LogP contribution in [0.4, 0.5) is 0 Å². The molecule has 6 nitrogen and oxygen atoms in total. The molecule has 0 fully saturated rings. The van der Waals surface area contributed by atoms with Crippen LogP contribution < -0.4 is 0 Å². The van der Waals surface area contributed by atoms with Crippen molar-refractivity contribution in [2.24, 2.45) is 0 Å². The van der Waals surface area contributed by atoms with Crippen LogP contribution in [0.3, 0.4) is 0 Å². The predicted molar refractivity (Wildman–Crippen MR) is 90.3 cm³/mol. The van der Waals surface area contributed by atoms with Crippen molar-refractivity contribution in [3.63, 3.8) is 0 Å². The molecular formula is C18H25N3O3. The summed E-state index contributed by atoms with van der Waals surface area (Å²) in [6.45, 7) is 8.67. The molecule has 0 amide bonds. The van der Waals surface area contributed by atoms with Crippen molar-refractivity contribution in [3.05, 3.63) is 47.6 Å². The fourth-order valence-electron chi connectivity index (χ4n) is 2.30. The first-order valence-corrected chi connectivity index (χ1v) is 8.09. The summed E-state index contributed by atoms with van der Waals surface area (Å²) in [6, 6.07) is 10.2. The van der Waals surface area contributed by atoms with Crippen molar-refractivity contribution < 1.29 is 14.1 Å². The van der Waals surface area contributed by atoms with Gasteiger partial charge in [0.15, 0.2) is 5.82 Å². The third-order valence-electron chi connectivity index (χ3n) is 3.26. The standard InChI is InChI=1S/C18H25N3O3/c1-14-19-16(24-20-14)12-21(13-17(22)23-18(2,3)4)11-10-15-8-6-5-7-9-15/h5-9H,10-13H2,1-4H3. The van der Waals surface area contributed by atoms with Gasteiger partial charge in [-0.1, -0.05) is 35.5 Å². The Morgan fingerprint density at radius 2 is 1.96 bits per heavy atom. The molecule has 0 saturated heterocycles. The van der Waals surface area contributed by atoms with E-state index in [0.717, 1.165) is 6.42 Å². The van der Waals surface area contributed by atoms with Crippen LogP contribution in [0.25, 0.3) is 0 Å². The van der Waals surface area contributed by atoms with Gasteiger partial charge in [0.25, 0.3) is 0 Å². The molecule has 0 unspecified atom stereocenters. The summed E-state index contributed by atoms with van der Waals surface area (Å²) in [7, 11) is 0. The zero-order chi connectivity index (χ0) is 17.6. The molecule has 0 aliphatic heterocycles. The van der Waals surface area contributed by atoms with Gasteiger partial charge in [-0.25, -0.2) is 0 Å². The number of rotatable bonds is 7. The Hall–Kier alpha value is -2.21. The van der Waals surface area contributed by atoms with E-state index < -0.39 is 5.60 Å². The second-order valence-electron chi connectivity index (χ2n) is 6.77. The molecular weight excluding hydrogens is 306 g/mol. The van der Waals surface area contributed by atoms with E-state index in [0.29, 0.717) is 24.8 Å². The van der Waals surface area contributed by atoms with Crippen LogP contribution in [0.15, 0.2) is 34.9 Å². The topological polar surface area (TPSA) is 68.5 Å². The Labute approximate surface area is 142 Å². The average molecular weight is 331 g/mol. The van der Waals surface area contributed by atoms with Crippen LogP contribution >= 0.6 is 0 Å². The predicted octanol–water partition coefficient (Wildman–Crippen LogP) is 2.76. The Kier molecular flexibility index (Phi) is 6.09. The SMILES string of the molecule is Cc1noc(CN(CCc2ccccc2)CC(=O)OC(C)(C)C)n1. The van der Waals surface area contributed by atoms with Crippen molar-refractivity contribution in [1.29, 1.82) is 0 Å². The number of carbonyl (C=O) groups is 1. The van der Waals surface area contributed by atoms with Gasteiger partial charge in [-0.3, -0.25) is 9.69 Å². The number of ether oxygens (including phenoxy) is 1. The number of aryl methyl sites for hydroxylation is 1. The first kappa shape index (κ1) is 18.1. The van der Waals surface area contributed by atoms with Gasteiger partial charge in [0.05, 0.1) is 13.1 Å². The molecule has 6 heteroatoms. The third-order valence-corrected chi connectivity index (χ3v) is 3.26. The molecule has 0 spiro atoms. The Morgan fingerprint density at radius 3 is 2.54 bits per heavy atom. The van der Waals surface area contributed by atoms with Gasteiger partial charge < -0.3 is 9.26 Å². The second-order valence-corrected chi connectivity index (χ2v) is 6.77. The summed E-state index contributed by atoms with van der Waals surface area (Å²) in [4.78, 5) is 18.3. The van der Waals surface area contributed by atoms with Crippen molar-refractivity contribution in [3.8, 4) is 0 Å². The summed E-state index contributed by atoms with van der Waals surface area (Å²) in [5.41, 5.74) is 0.719. The van der Waals surface area contributed by atoms with Crippen molar-refractivity contribution in [2.45, 2.75) is 46.3 Å².